The van der Waals surface area contributed by atoms with Crippen LogP contribution in [0.4, 0.5) is 4.79 Å². The van der Waals surface area contributed by atoms with Crippen molar-refractivity contribution in [2.24, 2.45) is 5.92 Å². The molecular formula is C17H25N3O5. The van der Waals surface area contributed by atoms with Crippen LogP contribution in [0.15, 0.2) is 22.8 Å². The SMILES string of the molecule is O=C(CNC(=O)NCc1ccco1)NC1CCCCCCC1C(=O)O. The number of rotatable bonds is 6. The fourth-order valence-electron chi connectivity index (χ4n) is 3.01. The molecule has 0 aliphatic heterocycles. The maximum atomic E-state index is 12.0. The van der Waals surface area contributed by atoms with Gasteiger partial charge in [0.15, 0.2) is 0 Å². The lowest BCUT2D eigenvalue weighted by atomic mass is 9.87. The third-order valence-electron chi connectivity index (χ3n) is 4.34. The molecule has 1 fully saturated rings. The smallest absolute Gasteiger partial charge is 0.315 e. The van der Waals surface area contributed by atoms with Gasteiger partial charge in [-0.1, -0.05) is 25.7 Å². The third kappa shape index (κ3) is 6.48. The van der Waals surface area contributed by atoms with Crippen LogP contribution in [0.25, 0.3) is 0 Å². The number of carboxylic acids is 1. The predicted octanol–water partition coefficient (Wildman–Crippen LogP) is 1.62. The molecule has 2 atom stereocenters. The molecule has 2 rings (SSSR count). The van der Waals surface area contributed by atoms with E-state index in [4.69, 9.17) is 4.42 Å². The summed E-state index contributed by atoms with van der Waals surface area (Å²) in [5.74, 6) is -1.23. The van der Waals surface area contributed by atoms with Gasteiger partial charge >= 0.3 is 12.0 Å². The molecule has 0 radical (unpaired) electrons. The third-order valence-corrected chi connectivity index (χ3v) is 4.34. The van der Waals surface area contributed by atoms with Crippen LogP contribution in [0.1, 0.15) is 44.3 Å². The molecule has 4 N–H and O–H groups in total. The van der Waals surface area contributed by atoms with Gasteiger partial charge in [0.25, 0.3) is 0 Å². The summed E-state index contributed by atoms with van der Waals surface area (Å²) in [7, 11) is 0. The number of carbonyl (C=O) groups excluding carboxylic acids is 2. The fourth-order valence-corrected chi connectivity index (χ4v) is 3.01. The van der Waals surface area contributed by atoms with Crippen molar-refractivity contribution >= 4 is 17.9 Å². The Kier molecular flexibility index (Phi) is 7.31. The first kappa shape index (κ1) is 18.8. The molecule has 1 aliphatic carbocycles. The highest BCUT2D eigenvalue weighted by atomic mass is 16.4. The standard InChI is InChI=1S/C17H25N3O5/c21-15(11-19-17(24)18-10-12-6-5-9-25-12)20-14-8-4-2-1-3-7-13(14)16(22)23/h5-6,9,13-14H,1-4,7-8,10-11H2,(H,20,21)(H,22,23)(H2,18,19,24). The summed E-state index contributed by atoms with van der Waals surface area (Å²) in [5, 5.41) is 17.2. The average molecular weight is 351 g/mol. The van der Waals surface area contributed by atoms with Crippen molar-refractivity contribution in [1.29, 1.82) is 0 Å². The van der Waals surface area contributed by atoms with E-state index in [0.29, 0.717) is 18.6 Å². The zero-order valence-electron chi connectivity index (χ0n) is 14.1. The van der Waals surface area contributed by atoms with Gasteiger partial charge in [-0.3, -0.25) is 9.59 Å². The molecule has 138 valence electrons. The number of amides is 3. The van der Waals surface area contributed by atoms with E-state index in [1.54, 1.807) is 12.1 Å². The summed E-state index contributed by atoms with van der Waals surface area (Å²) in [5.41, 5.74) is 0. The zero-order chi connectivity index (χ0) is 18.1. The van der Waals surface area contributed by atoms with E-state index in [0.717, 1.165) is 25.7 Å². The van der Waals surface area contributed by atoms with Gasteiger partial charge in [-0.25, -0.2) is 4.79 Å². The number of carbonyl (C=O) groups is 3. The van der Waals surface area contributed by atoms with Gasteiger partial charge in [-0.15, -0.1) is 0 Å². The maximum Gasteiger partial charge on any atom is 0.315 e. The first-order chi connectivity index (χ1) is 12.1. The van der Waals surface area contributed by atoms with E-state index >= 15 is 0 Å². The minimum Gasteiger partial charge on any atom is -0.481 e. The zero-order valence-corrected chi connectivity index (χ0v) is 14.1. The Morgan fingerprint density at radius 1 is 1.12 bits per heavy atom. The molecule has 1 aliphatic rings. The Balaban J connectivity index is 1.75. The highest BCUT2D eigenvalue weighted by molar-refractivity contribution is 5.84. The summed E-state index contributed by atoms with van der Waals surface area (Å²) in [4.78, 5) is 35.2. The van der Waals surface area contributed by atoms with Gasteiger partial charge in [0, 0.05) is 6.04 Å². The molecule has 0 spiro atoms. The average Bonchev–Trinajstić information content (AvgIpc) is 3.06. The topological polar surface area (TPSA) is 121 Å². The van der Waals surface area contributed by atoms with Crippen LogP contribution < -0.4 is 16.0 Å². The van der Waals surface area contributed by atoms with Gasteiger partial charge in [-0.2, -0.15) is 0 Å². The Morgan fingerprint density at radius 2 is 1.88 bits per heavy atom. The van der Waals surface area contributed by atoms with E-state index in [-0.39, 0.29) is 19.0 Å². The van der Waals surface area contributed by atoms with Gasteiger partial charge in [-0.05, 0) is 25.0 Å². The van der Waals surface area contributed by atoms with E-state index in [2.05, 4.69) is 16.0 Å². The summed E-state index contributed by atoms with van der Waals surface area (Å²) in [6.45, 7) is 0.0248. The number of urea groups is 1. The molecule has 0 bridgehead atoms. The first-order valence-corrected chi connectivity index (χ1v) is 8.62. The Labute approximate surface area is 146 Å². The predicted molar refractivity (Wildman–Crippen MR) is 89.7 cm³/mol. The molecule has 1 aromatic heterocycles. The minimum atomic E-state index is -0.878. The fraction of sp³-hybridized carbons (Fsp3) is 0.588. The second kappa shape index (κ2) is 9.71. The van der Waals surface area contributed by atoms with E-state index < -0.39 is 24.0 Å². The van der Waals surface area contributed by atoms with E-state index in [1.807, 2.05) is 0 Å². The lowest BCUT2D eigenvalue weighted by Crippen LogP contribution is -2.48. The van der Waals surface area contributed by atoms with E-state index in [1.165, 1.54) is 6.26 Å². The number of aliphatic carboxylic acids is 1. The number of nitrogens with one attached hydrogen (secondary N) is 3. The van der Waals surface area contributed by atoms with Crippen molar-refractivity contribution in [1.82, 2.24) is 16.0 Å². The summed E-state index contributed by atoms with van der Waals surface area (Å²) < 4.78 is 5.09. The lowest BCUT2D eigenvalue weighted by Gasteiger charge is -2.27. The van der Waals surface area contributed by atoms with Crippen molar-refractivity contribution in [3.05, 3.63) is 24.2 Å². The second-order valence-electron chi connectivity index (χ2n) is 6.23. The number of hydrogen-bond donors (Lipinski definition) is 4. The Hall–Kier alpha value is -2.51. The van der Waals surface area contributed by atoms with Crippen LogP contribution in [0.3, 0.4) is 0 Å². The molecule has 0 saturated heterocycles. The second-order valence-corrected chi connectivity index (χ2v) is 6.23. The van der Waals surface area contributed by atoms with Gasteiger partial charge < -0.3 is 25.5 Å². The monoisotopic (exact) mass is 351 g/mol. The minimum absolute atomic E-state index is 0.202. The normalized spacial score (nSPS) is 20.8. The molecule has 8 heteroatoms. The van der Waals surface area contributed by atoms with Crippen LogP contribution in [0.5, 0.6) is 0 Å². The number of carboxylic acid groups (broad SMARTS) is 1. The largest absolute Gasteiger partial charge is 0.481 e. The Morgan fingerprint density at radius 3 is 2.56 bits per heavy atom. The van der Waals surface area contributed by atoms with Gasteiger partial charge in [0.05, 0.1) is 25.3 Å². The quantitative estimate of drug-likeness (QED) is 0.621. The van der Waals surface area contributed by atoms with Crippen molar-refractivity contribution < 1.29 is 23.9 Å². The van der Waals surface area contributed by atoms with Crippen LogP contribution in [-0.2, 0) is 16.1 Å². The van der Waals surface area contributed by atoms with Gasteiger partial charge in [0.2, 0.25) is 5.91 Å². The molecule has 25 heavy (non-hydrogen) atoms. The highest BCUT2D eigenvalue weighted by Gasteiger charge is 2.29. The molecular weight excluding hydrogens is 326 g/mol. The van der Waals surface area contributed by atoms with E-state index in [9.17, 15) is 19.5 Å². The molecule has 1 heterocycles. The summed E-state index contributed by atoms with van der Waals surface area (Å²) in [6.07, 6.45) is 6.55. The summed E-state index contributed by atoms with van der Waals surface area (Å²) in [6, 6.07) is 2.57. The van der Waals surface area contributed by atoms with Crippen LogP contribution >= 0.6 is 0 Å². The molecule has 2 unspecified atom stereocenters. The van der Waals surface area contributed by atoms with Gasteiger partial charge in [0.1, 0.15) is 5.76 Å². The van der Waals surface area contributed by atoms with Crippen LogP contribution in [-0.4, -0.2) is 35.6 Å². The number of hydrogen-bond acceptors (Lipinski definition) is 4. The number of furan rings is 1. The van der Waals surface area contributed by atoms with Crippen LogP contribution in [0.2, 0.25) is 0 Å². The lowest BCUT2D eigenvalue weighted by molar-refractivity contribution is -0.143. The van der Waals surface area contributed by atoms with Crippen molar-refractivity contribution in [2.75, 3.05) is 6.54 Å². The van der Waals surface area contributed by atoms with Crippen molar-refractivity contribution in [3.63, 3.8) is 0 Å². The molecule has 1 saturated carbocycles. The van der Waals surface area contributed by atoms with Crippen molar-refractivity contribution in [2.45, 2.75) is 51.1 Å². The molecule has 0 aromatic carbocycles. The molecule has 8 nitrogen and oxygen atoms in total. The highest BCUT2D eigenvalue weighted by Crippen LogP contribution is 2.23. The summed E-state index contributed by atoms with van der Waals surface area (Å²) >= 11 is 0. The molecule has 3 amide bonds. The van der Waals surface area contributed by atoms with Crippen molar-refractivity contribution in [3.8, 4) is 0 Å². The maximum absolute atomic E-state index is 12.0. The van der Waals surface area contributed by atoms with Crippen LogP contribution in [0, 0.1) is 5.92 Å². The molecule has 1 aromatic rings. The first-order valence-electron chi connectivity index (χ1n) is 8.62. The Bertz CT molecular complexity index is 573.